The van der Waals surface area contributed by atoms with E-state index in [1.165, 1.54) is 48.5 Å². The summed E-state index contributed by atoms with van der Waals surface area (Å²) in [4.78, 5) is 12.0. The second-order valence-corrected chi connectivity index (χ2v) is 9.97. The van der Waals surface area contributed by atoms with Crippen LogP contribution >= 0.6 is 0 Å². The lowest BCUT2D eigenvalue weighted by Gasteiger charge is -2.14. The third-order valence-corrected chi connectivity index (χ3v) is 6.86. The molecule has 0 heterocycles. The Morgan fingerprint density at radius 1 is 0.737 bits per heavy atom. The van der Waals surface area contributed by atoms with Crippen molar-refractivity contribution in [1.29, 1.82) is 0 Å². The number of phenols is 3. The number of hydrogen-bond acceptors (Lipinski definition) is 12. The highest BCUT2D eigenvalue weighted by molar-refractivity contribution is 7.91. The summed E-state index contributed by atoms with van der Waals surface area (Å²) in [7, 11) is -3.85. The molecule has 6 N–H and O–H groups in total. The van der Waals surface area contributed by atoms with E-state index >= 15 is 0 Å². The molecular formula is C25H26O12S. The molecule has 0 saturated carbocycles. The van der Waals surface area contributed by atoms with E-state index in [-0.39, 0.29) is 34.3 Å². The summed E-state index contributed by atoms with van der Waals surface area (Å²) in [6, 6.07) is 12.8. The minimum absolute atomic E-state index is 0.00808. The Hall–Kier alpha value is -4.04. The average molecular weight is 551 g/mol. The minimum atomic E-state index is -3.85. The molecule has 2 atom stereocenters. The molecule has 0 amide bonds. The highest BCUT2D eigenvalue weighted by Crippen LogP contribution is 2.35. The number of aromatic hydroxyl groups is 3. The SMILES string of the molecule is O=C(OCC(O)COc1ccc(S(=O)(=O)c2ccc(OCC(O)CO)cc2)cc1)c1cc(O)c(O)c(O)c1. The number of carbonyl (C=O) groups excluding carboxylic acids is 1. The zero-order valence-corrected chi connectivity index (χ0v) is 20.6. The summed E-state index contributed by atoms with van der Waals surface area (Å²) in [6.07, 6.45) is -2.30. The molecule has 3 aromatic carbocycles. The lowest BCUT2D eigenvalue weighted by molar-refractivity contribution is 0.0129. The molecule has 2 unspecified atom stereocenters. The Morgan fingerprint density at radius 3 is 1.63 bits per heavy atom. The quantitative estimate of drug-likeness (QED) is 0.138. The van der Waals surface area contributed by atoms with Crippen molar-refractivity contribution < 1.29 is 58.1 Å². The van der Waals surface area contributed by atoms with Crippen molar-refractivity contribution in [3.05, 3.63) is 66.2 Å². The van der Waals surface area contributed by atoms with Gasteiger partial charge in [0.05, 0.1) is 22.0 Å². The summed E-state index contributed by atoms with van der Waals surface area (Å²) in [5, 5.41) is 56.4. The maximum atomic E-state index is 12.9. The number of aliphatic hydroxyl groups excluding tert-OH is 3. The fourth-order valence-electron chi connectivity index (χ4n) is 3.03. The Balaban J connectivity index is 1.52. The fourth-order valence-corrected chi connectivity index (χ4v) is 4.29. The largest absolute Gasteiger partial charge is 0.504 e. The van der Waals surface area contributed by atoms with Crippen LogP contribution < -0.4 is 9.47 Å². The van der Waals surface area contributed by atoms with E-state index in [0.717, 1.165) is 12.1 Å². The van der Waals surface area contributed by atoms with E-state index < -0.39 is 58.5 Å². The summed E-state index contributed by atoms with van der Waals surface area (Å²) < 4.78 is 41.3. The Labute approximate surface area is 217 Å². The first-order valence-corrected chi connectivity index (χ1v) is 12.6. The van der Waals surface area contributed by atoms with Crippen molar-refractivity contribution in [1.82, 2.24) is 0 Å². The molecule has 3 rings (SSSR count). The Bertz CT molecular complexity index is 1310. The molecule has 3 aromatic rings. The molecule has 0 aromatic heterocycles. The Morgan fingerprint density at radius 2 is 1.18 bits per heavy atom. The summed E-state index contributed by atoms with van der Waals surface area (Å²) in [5.74, 6) is -2.61. The molecule has 0 radical (unpaired) electrons. The van der Waals surface area contributed by atoms with Crippen molar-refractivity contribution >= 4 is 15.8 Å². The molecule has 13 heteroatoms. The fraction of sp³-hybridized carbons (Fsp3) is 0.240. The number of sulfone groups is 1. The maximum absolute atomic E-state index is 12.9. The first-order chi connectivity index (χ1) is 18.0. The molecule has 0 aliphatic rings. The first-order valence-electron chi connectivity index (χ1n) is 11.1. The van der Waals surface area contributed by atoms with Crippen LogP contribution in [-0.4, -0.2) is 83.7 Å². The average Bonchev–Trinajstić information content (AvgIpc) is 2.92. The number of aliphatic hydroxyl groups is 3. The number of benzene rings is 3. The van der Waals surface area contributed by atoms with E-state index in [4.69, 9.17) is 19.3 Å². The van der Waals surface area contributed by atoms with E-state index in [1.807, 2.05) is 0 Å². The van der Waals surface area contributed by atoms with Crippen LogP contribution in [0.3, 0.4) is 0 Å². The second-order valence-electron chi connectivity index (χ2n) is 8.02. The number of hydrogen-bond donors (Lipinski definition) is 6. The van der Waals surface area contributed by atoms with Crippen LogP contribution in [0, 0.1) is 0 Å². The van der Waals surface area contributed by atoms with Gasteiger partial charge in [-0.25, -0.2) is 13.2 Å². The molecule has 38 heavy (non-hydrogen) atoms. The van der Waals surface area contributed by atoms with Gasteiger partial charge in [0, 0.05) is 0 Å². The van der Waals surface area contributed by atoms with Crippen molar-refractivity contribution in [2.24, 2.45) is 0 Å². The van der Waals surface area contributed by atoms with Gasteiger partial charge in [-0.05, 0) is 60.7 Å². The molecule has 0 fully saturated rings. The van der Waals surface area contributed by atoms with Crippen molar-refractivity contribution in [3.63, 3.8) is 0 Å². The van der Waals surface area contributed by atoms with Gasteiger partial charge in [0.25, 0.3) is 0 Å². The number of carbonyl (C=O) groups is 1. The van der Waals surface area contributed by atoms with Gasteiger partial charge in [-0.1, -0.05) is 0 Å². The number of esters is 1. The zero-order chi connectivity index (χ0) is 27.9. The lowest BCUT2D eigenvalue weighted by Crippen LogP contribution is -2.25. The summed E-state index contributed by atoms with van der Waals surface area (Å²) in [5.41, 5.74) is -0.245. The summed E-state index contributed by atoms with van der Waals surface area (Å²) >= 11 is 0. The van der Waals surface area contributed by atoms with Gasteiger partial charge in [0.1, 0.15) is 43.5 Å². The molecule has 0 saturated heterocycles. The van der Waals surface area contributed by atoms with Gasteiger partial charge < -0.3 is 44.8 Å². The summed E-state index contributed by atoms with van der Waals surface area (Å²) in [6.45, 7) is -1.38. The van der Waals surface area contributed by atoms with E-state index in [0.29, 0.717) is 5.75 Å². The third kappa shape index (κ3) is 7.26. The maximum Gasteiger partial charge on any atom is 0.338 e. The lowest BCUT2D eigenvalue weighted by atomic mass is 10.2. The number of phenolic OH excluding ortho intramolecular Hbond substituents is 3. The first kappa shape index (κ1) is 28.5. The molecular weight excluding hydrogens is 524 g/mol. The van der Waals surface area contributed by atoms with Crippen LogP contribution in [0.4, 0.5) is 0 Å². The van der Waals surface area contributed by atoms with Crippen LogP contribution in [0.25, 0.3) is 0 Å². The number of ether oxygens (including phenoxy) is 3. The van der Waals surface area contributed by atoms with Crippen LogP contribution in [0.2, 0.25) is 0 Å². The molecule has 204 valence electrons. The predicted molar refractivity (Wildman–Crippen MR) is 130 cm³/mol. The number of rotatable bonds is 12. The van der Waals surface area contributed by atoms with Crippen LogP contribution in [0.1, 0.15) is 10.4 Å². The minimum Gasteiger partial charge on any atom is -0.504 e. The highest BCUT2D eigenvalue weighted by atomic mass is 32.2. The zero-order valence-electron chi connectivity index (χ0n) is 19.8. The molecule has 0 aliphatic heterocycles. The molecule has 0 spiro atoms. The monoisotopic (exact) mass is 550 g/mol. The highest BCUT2D eigenvalue weighted by Gasteiger charge is 2.19. The van der Waals surface area contributed by atoms with Crippen molar-refractivity contribution in [2.45, 2.75) is 22.0 Å². The second kappa shape index (κ2) is 12.5. The van der Waals surface area contributed by atoms with Gasteiger partial charge in [-0.15, -0.1) is 0 Å². The van der Waals surface area contributed by atoms with Crippen molar-refractivity contribution in [3.8, 4) is 28.7 Å². The van der Waals surface area contributed by atoms with Gasteiger partial charge >= 0.3 is 5.97 Å². The van der Waals surface area contributed by atoms with Crippen LogP contribution in [0.15, 0.2) is 70.5 Å². The van der Waals surface area contributed by atoms with Gasteiger partial charge in [-0.3, -0.25) is 0 Å². The topological polar surface area (TPSA) is 200 Å². The Kier molecular flexibility index (Phi) is 9.36. The molecule has 12 nitrogen and oxygen atoms in total. The standard InChI is InChI=1S/C25H26O12S/c26-11-16(27)12-35-18-1-5-20(6-2-18)38(33,34)21-7-3-19(4-8-21)36-13-17(28)14-37-25(32)15-9-22(29)24(31)23(30)10-15/h1-10,16-17,26-31H,11-14H2. The third-order valence-electron chi connectivity index (χ3n) is 5.08. The predicted octanol–water partition coefficient (Wildman–Crippen LogP) is 0.965. The molecule has 0 aliphatic carbocycles. The molecule has 0 bridgehead atoms. The van der Waals surface area contributed by atoms with Crippen LogP contribution in [0.5, 0.6) is 28.7 Å². The normalized spacial score (nSPS) is 12.9. The van der Waals surface area contributed by atoms with E-state index in [1.54, 1.807) is 0 Å². The smallest absolute Gasteiger partial charge is 0.338 e. The van der Waals surface area contributed by atoms with E-state index in [2.05, 4.69) is 0 Å². The van der Waals surface area contributed by atoms with Gasteiger partial charge in [0.15, 0.2) is 17.2 Å². The van der Waals surface area contributed by atoms with Gasteiger partial charge in [-0.2, -0.15) is 0 Å². The van der Waals surface area contributed by atoms with E-state index in [9.17, 15) is 38.7 Å². The van der Waals surface area contributed by atoms with Crippen LogP contribution in [-0.2, 0) is 14.6 Å². The van der Waals surface area contributed by atoms with Crippen molar-refractivity contribution in [2.75, 3.05) is 26.4 Å². The van der Waals surface area contributed by atoms with Gasteiger partial charge in [0.2, 0.25) is 9.84 Å².